The fourth-order valence-electron chi connectivity index (χ4n) is 4.34. The summed E-state index contributed by atoms with van der Waals surface area (Å²) in [5, 5.41) is 5.92. The summed E-state index contributed by atoms with van der Waals surface area (Å²) in [6.45, 7) is 8.29. The topological polar surface area (TPSA) is 69.1 Å². The third kappa shape index (κ3) is 5.55. The molecule has 2 fully saturated rings. The number of carbonyl (C=O) groups excluding carboxylic acids is 2. The Balaban J connectivity index is 1.15. The van der Waals surface area contributed by atoms with Crippen molar-refractivity contribution in [3.8, 4) is 0 Å². The van der Waals surface area contributed by atoms with Gasteiger partial charge in [-0.2, -0.15) is 0 Å². The number of para-hydroxylation sites is 1. The molecule has 0 unspecified atom stereocenters. The van der Waals surface area contributed by atoms with Crippen molar-refractivity contribution >= 4 is 23.3 Å². The van der Waals surface area contributed by atoms with Gasteiger partial charge in [-0.25, -0.2) is 4.79 Å². The summed E-state index contributed by atoms with van der Waals surface area (Å²) in [4.78, 5) is 30.3. The van der Waals surface area contributed by atoms with Crippen molar-refractivity contribution in [2.75, 3.05) is 55.6 Å². The van der Waals surface area contributed by atoms with Gasteiger partial charge in [-0.1, -0.05) is 35.9 Å². The first-order valence-electron chi connectivity index (χ1n) is 11.1. The molecule has 2 aliphatic heterocycles. The van der Waals surface area contributed by atoms with Crippen LogP contribution in [-0.4, -0.2) is 63.8 Å². The first-order chi connectivity index (χ1) is 15.1. The lowest BCUT2D eigenvalue weighted by atomic mass is 10.2. The number of aryl methyl sites for hydroxylation is 1. The quantitative estimate of drug-likeness (QED) is 0.645. The van der Waals surface area contributed by atoms with Crippen LogP contribution in [0.4, 0.5) is 16.2 Å². The van der Waals surface area contributed by atoms with Gasteiger partial charge in [-0.3, -0.25) is 4.79 Å². The van der Waals surface area contributed by atoms with E-state index in [2.05, 4.69) is 39.8 Å². The summed E-state index contributed by atoms with van der Waals surface area (Å²) in [6, 6.07) is 18.1. The molecule has 0 saturated carbocycles. The highest BCUT2D eigenvalue weighted by Gasteiger charge is 2.31. The summed E-state index contributed by atoms with van der Waals surface area (Å²) >= 11 is 0. The molecule has 7 heteroatoms. The Hall–Kier alpha value is -3.06. The van der Waals surface area contributed by atoms with Crippen LogP contribution in [0.15, 0.2) is 54.6 Å². The lowest BCUT2D eigenvalue weighted by Gasteiger charge is -2.33. The molecular formula is C24H32N5O2+. The van der Waals surface area contributed by atoms with E-state index in [-0.39, 0.29) is 18.0 Å². The van der Waals surface area contributed by atoms with Crippen molar-refractivity contribution in [2.45, 2.75) is 19.4 Å². The van der Waals surface area contributed by atoms with E-state index in [1.165, 1.54) is 10.6 Å². The largest absolute Gasteiger partial charge is 0.360 e. The zero-order valence-electron chi connectivity index (χ0n) is 18.1. The molecule has 4 rings (SSSR count). The van der Waals surface area contributed by atoms with Crippen LogP contribution in [0.1, 0.15) is 12.0 Å². The maximum atomic E-state index is 12.3. The monoisotopic (exact) mass is 422 g/mol. The minimum absolute atomic E-state index is 0.0508. The van der Waals surface area contributed by atoms with Crippen molar-refractivity contribution in [3.63, 3.8) is 0 Å². The van der Waals surface area contributed by atoms with Gasteiger partial charge in [0.15, 0.2) is 0 Å². The zero-order chi connectivity index (χ0) is 21.6. The molecule has 0 aromatic heterocycles. The summed E-state index contributed by atoms with van der Waals surface area (Å²) in [6.07, 6.45) is 0.341. The third-order valence-corrected chi connectivity index (χ3v) is 6.16. The van der Waals surface area contributed by atoms with E-state index in [1.807, 2.05) is 37.3 Å². The highest BCUT2D eigenvalue weighted by Crippen LogP contribution is 2.21. The summed E-state index contributed by atoms with van der Waals surface area (Å²) in [7, 11) is 0. The van der Waals surface area contributed by atoms with Gasteiger partial charge in [0.2, 0.25) is 5.91 Å². The van der Waals surface area contributed by atoms with Crippen molar-refractivity contribution < 1.29 is 14.5 Å². The Morgan fingerprint density at radius 2 is 1.74 bits per heavy atom. The second-order valence-corrected chi connectivity index (χ2v) is 8.46. The van der Waals surface area contributed by atoms with Crippen LogP contribution in [0, 0.1) is 6.92 Å². The Bertz CT molecular complexity index is 879. The second kappa shape index (κ2) is 9.83. The first kappa shape index (κ1) is 21.2. The van der Waals surface area contributed by atoms with Crippen molar-refractivity contribution in [1.82, 2.24) is 10.6 Å². The number of rotatable bonds is 6. The molecule has 164 valence electrons. The molecule has 2 heterocycles. The number of anilines is 2. The number of benzene rings is 2. The molecule has 1 atom stereocenters. The summed E-state index contributed by atoms with van der Waals surface area (Å²) in [5.41, 5.74) is 3.33. The van der Waals surface area contributed by atoms with Crippen molar-refractivity contribution in [3.05, 3.63) is 60.2 Å². The van der Waals surface area contributed by atoms with Gasteiger partial charge in [0.1, 0.15) is 0 Å². The molecule has 0 spiro atoms. The number of hydrogen-bond donors (Lipinski definition) is 3. The second-order valence-electron chi connectivity index (χ2n) is 8.46. The minimum atomic E-state index is -0.189. The molecule has 3 amide bonds. The van der Waals surface area contributed by atoms with Gasteiger partial charge < -0.3 is 25.3 Å². The number of piperazine rings is 1. The maximum absolute atomic E-state index is 12.3. The Morgan fingerprint density at radius 3 is 2.45 bits per heavy atom. The van der Waals surface area contributed by atoms with Crippen molar-refractivity contribution in [2.24, 2.45) is 0 Å². The first-order valence-corrected chi connectivity index (χ1v) is 11.1. The van der Waals surface area contributed by atoms with Crippen LogP contribution in [0.3, 0.4) is 0 Å². The average molecular weight is 423 g/mol. The predicted molar refractivity (Wildman–Crippen MR) is 123 cm³/mol. The van der Waals surface area contributed by atoms with Crippen LogP contribution in [0.25, 0.3) is 0 Å². The van der Waals surface area contributed by atoms with Gasteiger partial charge in [0.05, 0.1) is 45.3 Å². The third-order valence-electron chi connectivity index (χ3n) is 6.16. The summed E-state index contributed by atoms with van der Waals surface area (Å²) < 4.78 is 0. The Labute approximate surface area is 184 Å². The smallest absolute Gasteiger partial charge is 0.315 e. The van der Waals surface area contributed by atoms with Crippen LogP contribution in [0.5, 0.6) is 0 Å². The molecule has 0 aliphatic carbocycles. The molecule has 3 N–H and O–H groups in total. The molecule has 2 saturated heterocycles. The van der Waals surface area contributed by atoms with Crippen LogP contribution >= 0.6 is 0 Å². The Morgan fingerprint density at radius 1 is 1.03 bits per heavy atom. The molecule has 2 aromatic rings. The number of urea groups is 1. The van der Waals surface area contributed by atoms with E-state index in [4.69, 9.17) is 0 Å². The van der Waals surface area contributed by atoms with E-state index in [0.717, 1.165) is 44.0 Å². The molecule has 2 aliphatic rings. The number of hydrogen-bond acceptors (Lipinski definition) is 3. The van der Waals surface area contributed by atoms with E-state index >= 15 is 0 Å². The fraction of sp³-hybridized carbons (Fsp3) is 0.417. The number of nitrogens with one attached hydrogen (secondary N) is 3. The lowest BCUT2D eigenvalue weighted by molar-refractivity contribution is -0.899. The van der Waals surface area contributed by atoms with Crippen molar-refractivity contribution in [1.29, 1.82) is 0 Å². The van der Waals surface area contributed by atoms with Gasteiger partial charge in [0, 0.05) is 24.3 Å². The summed E-state index contributed by atoms with van der Waals surface area (Å²) in [5.74, 6) is 0.0508. The van der Waals surface area contributed by atoms with Gasteiger partial charge in [-0.15, -0.1) is 0 Å². The van der Waals surface area contributed by atoms with E-state index < -0.39 is 0 Å². The van der Waals surface area contributed by atoms with Crippen LogP contribution in [0.2, 0.25) is 0 Å². The van der Waals surface area contributed by atoms with Gasteiger partial charge in [0.25, 0.3) is 0 Å². The SMILES string of the molecule is Cc1ccc(N2C[C@H](NC(=O)NCC[NH+]3CCN(c4ccccc4)CC3)CC2=O)cc1. The average Bonchev–Trinajstić information content (AvgIpc) is 3.15. The number of carbonyl (C=O) groups is 2. The fourth-order valence-corrected chi connectivity index (χ4v) is 4.34. The lowest BCUT2D eigenvalue weighted by Crippen LogP contribution is -3.15. The van der Waals surface area contributed by atoms with Gasteiger partial charge in [-0.05, 0) is 31.2 Å². The van der Waals surface area contributed by atoms with E-state index in [9.17, 15) is 9.59 Å². The maximum Gasteiger partial charge on any atom is 0.315 e. The molecule has 7 nitrogen and oxygen atoms in total. The highest BCUT2D eigenvalue weighted by molar-refractivity contribution is 5.96. The molecule has 0 radical (unpaired) electrons. The van der Waals surface area contributed by atoms with Crippen LogP contribution < -0.4 is 25.3 Å². The molecular weight excluding hydrogens is 390 g/mol. The number of quaternary nitrogens is 1. The predicted octanol–water partition coefficient (Wildman–Crippen LogP) is 0.805. The zero-order valence-corrected chi connectivity index (χ0v) is 18.1. The molecule has 31 heavy (non-hydrogen) atoms. The minimum Gasteiger partial charge on any atom is -0.360 e. The van der Waals surface area contributed by atoms with E-state index in [1.54, 1.807) is 4.90 Å². The highest BCUT2D eigenvalue weighted by atomic mass is 16.2. The standard InChI is InChI=1S/C24H31N5O2/c1-19-7-9-22(10-8-19)29-18-20(17-23(29)30)26-24(31)25-11-12-27-13-15-28(16-14-27)21-5-3-2-4-6-21/h2-10,20H,11-18H2,1H3,(H2,25,26,31)/p+1/t20-/m1/s1. The normalized spacial score (nSPS) is 19.5. The van der Waals surface area contributed by atoms with E-state index in [0.29, 0.717) is 19.5 Å². The molecule has 0 bridgehead atoms. The number of nitrogens with zero attached hydrogens (tertiary/aromatic N) is 2. The number of amides is 3. The molecule has 2 aromatic carbocycles. The van der Waals surface area contributed by atoms with Crippen LogP contribution in [-0.2, 0) is 4.79 Å². The van der Waals surface area contributed by atoms with Gasteiger partial charge >= 0.3 is 6.03 Å². The Kier molecular flexibility index (Phi) is 6.72.